The number of piperazine rings is 1. The molecule has 0 aliphatic carbocycles. The highest BCUT2D eigenvalue weighted by Crippen LogP contribution is 2.23. The molecule has 0 spiro atoms. The Morgan fingerprint density at radius 2 is 2.04 bits per heavy atom. The second-order valence-corrected chi connectivity index (χ2v) is 7.15. The molecule has 0 radical (unpaired) electrons. The fraction of sp³-hybridized carbons (Fsp3) is 0.368. The van der Waals surface area contributed by atoms with Gasteiger partial charge in [-0.1, -0.05) is 12.1 Å². The predicted molar refractivity (Wildman–Crippen MR) is 106 cm³/mol. The van der Waals surface area contributed by atoms with Crippen LogP contribution in [0, 0.1) is 0 Å². The van der Waals surface area contributed by atoms with E-state index in [1.165, 1.54) is 17.1 Å². The van der Waals surface area contributed by atoms with Gasteiger partial charge in [0.15, 0.2) is 5.82 Å². The Morgan fingerprint density at radius 1 is 1.15 bits per heavy atom. The molecule has 0 saturated carbocycles. The Balaban J connectivity index is 1.29. The van der Waals surface area contributed by atoms with Crippen LogP contribution in [0.2, 0.25) is 0 Å². The molecule has 7 nitrogen and oxygen atoms in total. The van der Waals surface area contributed by atoms with E-state index in [0.717, 1.165) is 55.7 Å². The molecular formula is C19H22N6OS. The van der Waals surface area contributed by atoms with E-state index in [-0.39, 0.29) is 0 Å². The van der Waals surface area contributed by atoms with Gasteiger partial charge < -0.3 is 9.64 Å². The molecule has 27 heavy (non-hydrogen) atoms. The van der Waals surface area contributed by atoms with Gasteiger partial charge in [-0.3, -0.25) is 9.88 Å². The molecule has 0 atom stereocenters. The lowest BCUT2D eigenvalue weighted by Gasteiger charge is -2.34. The minimum absolute atomic E-state index is 0.656. The Bertz CT molecular complexity index is 863. The van der Waals surface area contributed by atoms with Crippen molar-refractivity contribution < 1.29 is 4.74 Å². The van der Waals surface area contributed by atoms with Crippen LogP contribution < -0.4 is 9.64 Å². The number of nitrogens with zero attached hydrogens (tertiary/aromatic N) is 6. The minimum atomic E-state index is 0.656. The van der Waals surface area contributed by atoms with Gasteiger partial charge in [0.1, 0.15) is 11.4 Å². The Hall–Kier alpha value is -2.58. The summed E-state index contributed by atoms with van der Waals surface area (Å²) in [5.41, 5.74) is 2.03. The molecule has 3 heterocycles. The van der Waals surface area contributed by atoms with Crippen LogP contribution in [-0.2, 0) is 6.42 Å². The SMILES string of the molecule is COc1cccc(CCN2CCN(c3nc(-c4cnccn4)ns3)CC2)c1. The summed E-state index contributed by atoms with van der Waals surface area (Å²) >= 11 is 1.43. The van der Waals surface area contributed by atoms with Gasteiger partial charge in [0.2, 0.25) is 5.13 Å². The zero-order valence-electron chi connectivity index (χ0n) is 15.3. The molecule has 0 amide bonds. The van der Waals surface area contributed by atoms with E-state index >= 15 is 0 Å². The number of methoxy groups -OCH3 is 1. The van der Waals surface area contributed by atoms with Crippen molar-refractivity contribution in [1.29, 1.82) is 0 Å². The van der Waals surface area contributed by atoms with Crippen molar-refractivity contribution in [3.8, 4) is 17.3 Å². The van der Waals surface area contributed by atoms with E-state index in [1.54, 1.807) is 25.7 Å². The number of benzene rings is 1. The summed E-state index contributed by atoms with van der Waals surface area (Å²) in [6.45, 7) is 5.05. The molecule has 1 aliphatic rings. The first-order chi connectivity index (χ1) is 13.3. The first-order valence-electron chi connectivity index (χ1n) is 9.02. The molecular weight excluding hydrogens is 360 g/mol. The highest BCUT2D eigenvalue weighted by atomic mass is 32.1. The van der Waals surface area contributed by atoms with Crippen molar-refractivity contribution in [3.63, 3.8) is 0 Å². The molecule has 1 saturated heterocycles. The van der Waals surface area contributed by atoms with E-state index in [1.807, 2.05) is 6.07 Å². The average molecular weight is 382 g/mol. The fourth-order valence-corrected chi connectivity index (χ4v) is 3.87. The molecule has 1 fully saturated rings. The molecule has 3 aromatic rings. The van der Waals surface area contributed by atoms with Gasteiger partial charge in [0, 0.05) is 56.6 Å². The zero-order valence-corrected chi connectivity index (χ0v) is 16.1. The molecule has 8 heteroatoms. The first kappa shape index (κ1) is 17.8. The monoisotopic (exact) mass is 382 g/mol. The van der Waals surface area contributed by atoms with Crippen molar-refractivity contribution in [2.75, 3.05) is 44.7 Å². The summed E-state index contributed by atoms with van der Waals surface area (Å²) in [6.07, 6.45) is 6.05. The Kier molecular flexibility index (Phi) is 5.55. The van der Waals surface area contributed by atoms with Crippen LogP contribution in [0.1, 0.15) is 5.56 Å². The van der Waals surface area contributed by atoms with Gasteiger partial charge >= 0.3 is 0 Å². The molecule has 4 rings (SSSR count). The molecule has 140 valence electrons. The average Bonchev–Trinajstić information content (AvgIpc) is 3.24. The first-order valence-corrected chi connectivity index (χ1v) is 9.79. The number of anilines is 1. The van der Waals surface area contributed by atoms with E-state index < -0.39 is 0 Å². The third-order valence-electron chi connectivity index (χ3n) is 4.70. The van der Waals surface area contributed by atoms with E-state index in [9.17, 15) is 0 Å². The van der Waals surface area contributed by atoms with Crippen LogP contribution in [0.15, 0.2) is 42.9 Å². The largest absolute Gasteiger partial charge is 0.497 e. The van der Waals surface area contributed by atoms with Crippen molar-refractivity contribution in [2.45, 2.75) is 6.42 Å². The molecule has 1 aromatic carbocycles. The zero-order chi connectivity index (χ0) is 18.5. The van der Waals surface area contributed by atoms with Gasteiger partial charge in [0.05, 0.1) is 13.3 Å². The second kappa shape index (κ2) is 8.41. The van der Waals surface area contributed by atoms with Gasteiger partial charge in [-0.05, 0) is 24.1 Å². The Labute approximate surface area is 162 Å². The third kappa shape index (κ3) is 4.40. The van der Waals surface area contributed by atoms with Gasteiger partial charge in [0.25, 0.3) is 0 Å². The number of hydrogen-bond acceptors (Lipinski definition) is 8. The highest BCUT2D eigenvalue weighted by molar-refractivity contribution is 7.09. The number of aromatic nitrogens is 4. The lowest BCUT2D eigenvalue weighted by atomic mass is 10.1. The standard InChI is InChI=1S/C19H22N6OS/c1-26-16-4-2-3-15(13-16)5-8-24-9-11-25(12-10-24)19-22-18(23-27-19)17-14-20-6-7-21-17/h2-4,6-7,13-14H,5,8-12H2,1H3. The van der Waals surface area contributed by atoms with Crippen LogP contribution in [-0.4, -0.2) is 64.1 Å². The summed E-state index contributed by atoms with van der Waals surface area (Å²) in [4.78, 5) is 17.8. The fourth-order valence-electron chi connectivity index (χ4n) is 3.14. The van der Waals surface area contributed by atoms with Crippen LogP contribution in [0.4, 0.5) is 5.13 Å². The summed E-state index contributed by atoms with van der Waals surface area (Å²) < 4.78 is 9.74. The van der Waals surface area contributed by atoms with E-state index in [0.29, 0.717) is 5.82 Å². The van der Waals surface area contributed by atoms with Gasteiger partial charge in [-0.25, -0.2) is 4.98 Å². The van der Waals surface area contributed by atoms with Crippen molar-refractivity contribution in [3.05, 3.63) is 48.4 Å². The summed E-state index contributed by atoms with van der Waals surface area (Å²) in [5, 5.41) is 0.961. The maximum Gasteiger partial charge on any atom is 0.205 e. The van der Waals surface area contributed by atoms with E-state index in [4.69, 9.17) is 4.74 Å². The topological polar surface area (TPSA) is 67.3 Å². The number of rotatable bonds is 6. The third-order valence-corrected chi connectivity index (χ3v) is 5.48. The maximum atomic E-state index is 5.30. The highest BCUT2D eigenvalue weighted by Gasteiger charge is 2.20. The van der Waals surface area contributed by atoms with Crippen molar-refractivity contribution in [1.82, 2.24) is 24.2 Å². The quantitative estimate of drug-likeness (QED) is 0.648. The number of hydrogen-bond donors (Lipinski definition) is 0. The smallest absolute Gasteiger partial charge is 0.205 e. The summed E-state index contributed by atoms with van der Waals surface area (Å²) in [5.74, 6) is 1.58. The van der Waals surface area contributed by atoms with Crippen molar-refractivity contribution >= 4 is 16.7 Å². The lowest BCUT2D eigenvalue weighted by Crippen LogP contribution is -2.47. The lowest BCUT2D eigenvalue weighted by molar-refractivity contribution is 0.261. The second-order valence-electron chi connectivity index (χ2n) is 6.42. The van der Waals surface area contributed by atoms with Gasteiger partial charge in [-0.2, -0.15) is 9.36 Å². The maximum absolute atomic E-state index is 5.30. The van der Waals surface area contributed by atoms with E-state index in [2.05, 4.69) is 47.3 Å². The normalized spacial score (nSPS) is 15.1. The molecule has 0 unspecified atom stereocenters. The van der Waals surface area contributed by atoms with Crippen LogP contribution in [0.3, 0.4) is 0 Å². The van der Waals surface area contributed by atoms with Crippen LogP contribution >= 0.6 is 11.5 Å². The summed E-state index contributed by atoms with van der Waals surface area (Å²) in [6, 6.07) is 8.31. The predicted octanol–water partition coefficient (Wildman–Crippen LogP) is 2.37. The molecule has 0 bridgehead atoms. The summed E-state index contributed by atoms with van der Waals surface area (Å²) in [7, 11) is 1.71. The molecule has 1 aliphatic heterocycles. The minimum Gasteiger partial charge on any atom is -0.497 e. The Morgan fingerprint density at radius 3 is 2.81 bits per heavy atom. The van der Waals surface area contributed by atoms with Crippen LogP contribution in [0.5, 0.6) is 5.75 Å². The van der Waals surface area contributed by atoms with Crippen molar-refractivity contribution in [2.24, 2.45) is 0 Å². The molecule has 2 aromatic heterocycles. The van der Waals surface area contributed by atoms with Crippen LogP contribution in [0.25, 0.3) is 11.5 Å². The number of ether oxygens (including phenoxy) is 1. The van der Waals surface area contributed by atoms with Gasteiger partial charge in [-0.15, -0.1) is 0 Å². The molecule has 0 N–H and O–H groups in total.